The number of nitrogens with one attached hydrogen (secondary N) is 2. The van der Waals surface area contributed by atoms with Gasteiger partial charge in [0.05, 0.1) is 6.54 Å². The van der Waals surface area contributed by atoms with Gasteiger partial charge in [0.2, 0.25) is 5.91 Å². The number of anilines is 1. The first-order chi connectivity index (χ1) is 11.6. The van der Waals surface area contributed by atoms with Crippen LogP contribution in [0, 0.1) is 0 Å². The largest absolute Gasteiger partial charge is 0.486 e. The van der Waals surface area contributed by atoms with Gasteiger partial charge in [-0.05, 0) is 38.4 Å². The number of fused-ring (bicyclic) bond motifs is 1. The number of hydrogen-bond donors (Lipinski definition) is 2. The summed E-state index contributed by atoms with van der Waals surface area (Å²) in [7, 11) is 0. The minimum absolute atomic E-state index is 0.246. The molecule has 2 N–H and O–H groups in total. The van der Waals surface area contributed by atoms with Gasteiger partial charge in [-0.15, -0.1) is 0 Å². The minimum atomic E-state index is -0.540. The molecule has 1 atom stereocenters. The summed E-state index contributed by atoms with van der Waals surface area (Å²) in [5.41, 5.74) is 0.552. The van der Waals surface area contributed by atoms with Gasteiger partial charge in [-0.2, -0.15) is 0 Å². The molecule has 7 nitrogen and oxygen atoms in total. The van der Waals surface area contributed by atoms with Crippen LogP contribution in [-0.4, -0.2) is 49.2 Å². The number of piperidine rings is 1. The van der Waals surface area contributed by atoms with Crippen LogP contribution in [0.1, 0.15) is 26.2 Å². The highest BCUT2D eigenvalue weighted by molar-refractivity contribution is 6.01. The summed E-state index contributed by atoms with van der Waals surface area (Å²) in [5.74, 6) is 0.952. The second-order valence-electron chi connectivity index (χ2n) is 6.18. The summed E-state index contributed by atoms with van der Waals surface area (Å²) in [6.45, 7) is 4.26. The Kier molecular flexibility index (Phi) is 5.20. The van der Waals surface area contributed by atoms with Crippen LogP contribution >= 0.6 is 0 Å². The van der Waals surface area contributed by atoms with Crippen LogP contribution in [0.2, 0.25) is 0 Å². The van der Waals surface area contributed by atoms with Crippen molar-refractivity contribution in [1.29, 1.82) is 0 Å². The van der Waals surface area contributed by atoms with Gasteiger partial charge >= 0.3 is 6.03 Å². The summed E-state index contributed by atoms with van der Waals surface area (Å²) in [6, 6.07) is 4.98. The highest BCUT2D eigenvalue weighted by Crippen LogP contribution is 2.32. The molecule has 0 aromatic heterocycles. The summed E-state index contributed by atoms with van der Waals surface area (Å²) in [6.07, 6.45) is 3.39. The molecule has 0 unspecified atom stereocenters. The highest BCUT2D eigenvalue weighted by Gasteiger charge is 2.21. The number of hydrogen-bond acceptors (Lipinski definition) is 5. The van der Waals surface area contributed by atoms with E-state index in [0.717, 1.165) is 19.4 Å². The van der Waals surface area contributed by atoms with Crippen LogP contribution in [0.15, 0.2) is 18.2 Å². The molecular formula is C17H23N3O4. The number of nitrogens with zero attached hydrogens (tertiary/aromatic N) is 1. The van der Waals surface area contributed by atoms with Crippen LogP contribution < -0.4 is 20.1 Å². The molecule has 2 aliphatic heterocycles. The van der Waals surface area contributed by atoms with Crippen molar-refractivity contribution in [3.63, 3.8) is 0 Å². The van der Waals surface area contributed by atoms with Crippen LogP contribution in [-0.2, 0) is 4.79 Å². The Morgan fingerprint density at radius 2 is 2.00 bits per heavy atom. The molecule has 0 spiro atoms. The molecule has 1 saturated heterocycles. The molecule has 1 fully saturated rings. The van der Waals surface area contributed by atoms with E-state index in [1.165, 1.54) is 6.42 Å². The number of imide groups is 1. The number of likely N-dealkylation sites (tertiary alicyclic amines) is 1. The molecule has 1 aromatic carbocycles. The fraction of sp³-hybridized carbons (Fsp3) is 0.529. The van der Waals surface area contributed by atoms with Crippen molar-refractivity contribution in [3.05, 3.63) is 18.2 Å². The maximum Gasteiger partial charge on any atom is 0.325 e. The average molecular weight is 333 g/mol. The van der Waals surface area contributed by atoms with E-state index < -0.39 is 6.03 Å². The Labute approximate surface area is 141 Å². The van der Waals surface area contributed by atoms with E-state index in [0.29, 0.717) is 36.4 Å². The van der Waals surface area contributed by atoms with Crippen LogP contribution in [0.4, 0.5) is 10.5 Å². The topological polar surface area (TPSA) is 79.9 Å². The van der Waals surface area contributed by atoms with E-state index >= 15 is 0 Å². The Morgan fingerprint density at radius 1 is 1.21 bits per heavy atom. The van der Waals surface area contributed by atoms with Crippen molar-refractivity contribution in [2.24, 2.45) is 0 Å². The Balaban J connectivity index is 1.50. The minimum Gasteiger partial charge on any atom is -0.486 e. The maximum absolute atomic E-state index is 12.0. The molecule has 0 aliphatic carbocycles. The molecule has 2 heterocycles. The van der Waals surface area contributed by atoms with E-state index in [9.17, 15) is 9.59 Å². The predicted octanol–water partition coefficient (Wildman–Crippen LogP) is 1.98. The fourth-order valence-electron chi connectivity index (χ4n) is 3.03. The van der Waals surface area contributed by atoms with Gasteiger partial charge in [-0.1, -0.05) is 6.42 Å². The predicted molar refractivity (Wildman–Crippen MR) is 89.5 cm³/mol. The highest BCUT2D eigenvalue weighted by atomic mass is 16.6. The van der Waals surface area contributed by atoms with Crippen LogP contribution in [0.3, 0.4) is 0 Å². The number of amides is 3. The normalized spacial score (nSPS) is 20.3. The van der Waals surface area contributed by atoms with Gasteiger partial charge in [0.25, 0.3) is 0 Å². The van der Waals surface area contributed by atoms with Crippen molar-refractivity contribution in [3.8, 4) is 11.5 Å². The molecule has 0 saturated carbocycles. The Hall–Kier alpha value is -2.28. The summed E-state index contributed by atoms with van der Waals surface area (Å²) < 4.78 is 10.9. The molecule has 2 aliphatic rings. The summed E-state index contributed by atoms with van der Waals surface area (Å²) >= 11 is 0. The zero-order valence-electron chi connectivity index (χ0n) is 13.8. The molecule has 0 bridgehead atoms. The van der Waals surface area contributed by atoms with Gasteiger partial charge < -0.3 is 14.8 Å². The third-order valence-electron chi connectivity index (χ3n) is 4.34. The molecule has 7 heteroatoms. The second-order valence-corrected chi connectivity index (χ2v) is 6.18. The summed E-state index contributed by atoms with van der Waals surface area (Å²) in [5, 5.41) is 5.02. The lowest BCUT2D eigenvalue weighted by Gasteiger charge is -2.32. The first kappa shape index (κ1) is 16.6. The molecule has 3 rings (SSSR count). The lowest BCUT2D eigenvalue weighted by Crippen LogP contribution is -2.46. The molecule has 3 amide bonds. The van der Waals surface area contributed by atoms with Crippen molar-refractivity contribution in [2.45, 2.75) is 32.2 Å². The van der Waals surface area contributed by atoms with E-state index in [4.69, 9.17) is 9.47 Å². The van der Waals surface area contributed by atoms with Gasteiger partial charge in [0, 0.05) is 17.8 Å². The number of carbonyl (C=O) groups excluding carboxylic acids is 2. The lowest BCUT2D eigenvalue weighted by molar-refractivity contribution is -0.121. The number of benzene rings is 1. The Bertz CT molecular complexity index is 620. The fourth-order valence-corrected chi connectivity index (χ4v) is 3.03. The monoisotopic (exact) mass is 333 g/mol. The van der Waals surface area contributed by atoms with Gasteiger partial charge in [-0.3, -0.25) is 15.0 Å². The van der Waals surface area contributed by atoms with Gasteiger partial charge in [-0.25, -0.2) is 4.79 Å². The molecule has 1 aromatic rings. The van der Waals surface area contributed by atoms with Crippen LogP contribution in [0.25, 0.3) is 0 Å². The number of ether oxygens (including phenoxy) is 2. The zero-order chi connectivity index (χ0) is 16.9. The van der Waals surface area contributed by atoms with E-state index in [1.54, 1.807) is 18.2 Å². The third kappa shape index (κ3) is 4.17. The van der Waals surface area contributed by atoms with Crippen molar-refractivity contribution < 1.29 is 19.1 Å². The summed E-state index contributed by atoms with van der Waals surface area (Å²) in [4.78, 5) is 26.1. The van der Waals surface area contributed by atoms with E-state index in [2.05, 4.69) is 22.5 Å². The lowest BCUT2D eigenvalue weighted by atomic mass is 10.0. The maximum atomic E-state index is 12.0. The van der Waals surface area contributed by atoms with Crippen molar-refractivity contribution in [1.82, 2.24) is 10.2 Å². The number of urea groups is 1. The Morgan fingerprint density at radius 3 is 2.79 bits per heavy atom. The first-order valence-electron chi connectivity index (χ1n) is 8.36. The molecule has 130 valence electrons. The van der Waals surface area contributed by atoms with Crippen molar-refractivity contribution >= 4 is 17.6 Å². The standard InChI is InChI=1S/C17H23N3O4/c1-12-4-2-3-7-20(12)11-16(21)19-17(22)18-13-5-6-14-15(10-13)24-9-8-23-14/h5-6,10,12H,2-4,7-9,11H2,1H3,(H2,18,19,21,22)/t12-/m0/s1. The third-order valence-corrected chi connectivity index (χ3v) is 4.34. The molecule has 0 radical (unpaired) electrons. The van der Waals surface area contributed by atoms with E-state index in [-0.39, 0.29) is 12.5 Å². The van der Waals surface area contributed by atoms with Gasteiger partial charge in [0.1, 0.15) is 13.2 Å². The average Bonchev–Trinajstić information content (AvgIpc) is 2.56. The quantitative estimate of drug-likeness (QED) is 0.884. The smallest absolute Gasteiger partial charge is 0.325 e. The number of carbonyl (C=O) groups is 2. The SMILES string of the molecule is C[C@H]1CCCCN1CC(=O)NC(=O)Nc1ccc2c(c1)OCCO2. The molecular weight excluding hydrogens is 310 g/mol. The van der Waals surface area contributed by atoms with Crippen molar-refractivity contribution in [2.75, 3.05) is 31.6 Å². The van der Waals surface area contributed by atoms with Gasteiger partial charge in [0.15, 0.2) is 11.5 Å². The van der Waals surface area contributed by atoms with Crippen LogP contribution in [0.5, 0.6) is 11.5 Å². The van der Waals surface area contributed by atoms with E-state index in [1.807, 2.05) is 0 Å². The second kappa shape index (κ2) is 7.53. The molecule has 24 heavy (non-hydrogen) atoms. The first-order valence-corrected chi connectivity index (χ1v) is 8.36. The number of rotatable bonds is 3. The zero-order valence-corrected chi connectivity index (χ0v) is 13.8.